The average molecular weight is 345 g/mol. The van der Waals surface area contributed by atoms with E-state index in [1.54, 1.807) is 4.57 Å². The number of benzene rings is 1. The second kappa shape index (κ2) is 7.44. The third-order valence-electron chi connectivity index (χ3n) is 5.27. The third-order valence-corrected chi connectivity index (χ3v) is 5.27. The maximum Gasteiger partial charge on any atom is 0.419 e. The van der Waals surface area contributed by atoms with Crippen LogP contribution in [0.5, 0.6) is 0 Å². The van der Waals surface area contributed by atoms with Gasteiger partial charge in [0.05, 0.1) is 5.52 Å². The van der Waals surface area contributed by atoms with Gasteiger partial charge in [-0.25, -0.2) is 4.79 Å². The molecular formula is C19H27N3O3. The Morgan fingerprint density at radius 1 is 1.24 bits per heavy atom. The van der Waals surface area contributed by atoms with Crippen molar-refractivity contribution in [2.24, 2.45) is 5.92 Å². The van der Waals surface area contributed by atoms with Crippen LogP contribution in [0.25, 0.3) is 11.1 Å². The van der Waals surface area contributed by atoms with Gasteiger partial charge in [0.25, 0.3) is 0 Å². The fourth-order valence-corrected chi connectivity index (χ4v) is 3.41. The van der Waals surface area contributed by atoms with Gasteiger partial charge in [-0.05, 0) is 51.9 Å². The lowest BCUT2D eigenvalue weighted by Crippen LogP contribution is -2.44. The smallest absolute Gasteiger partial charge is 0.408 e. The van der Waals surface area contributed by atoms with E-state index in [1.165, 1.54) is 0 Å². The maximum atomic E-state index is 12.4. The number of nitrogens with zero attached hydrogens (tertiary/aromatic N) is 3. The number of oxazole rings is 1. The molecular weight excluding hydrogens is 318 g/mol. The van der Waals surface area contributed by atoms with Gasteiger partial charge in [-0.3, -0.25) is 9.36 Å². The number of piperidine rings is 1. The molecule has 2 aromatic rings. The highest BCUT2D eigenvalue weighted by atomic mass is 16.4. The summed E-state index contributed by atoms with van der Waals surface area (Å²) in [5.41, 5.74) is 1.48. The van der Waals surface area contributed by atoms with E-state index in [9.17, 15) is 9.59 Å². The molecule has 1 aliphatic heterocycles. The Hall–Kier alpha value is -2.08. The number of fused-ring (bicyclic) bond motifs is 1. The Morgan fingerprint density at radius 2 is 1.92 bits per heavy atom. The predicted molar refractivity (Wildman–Crippen MR) is 97.5 cm³/mol. The van der Waals surface area contributed by atoms with Crippen molar-refractivity contribution in [2.75, 3.05) is 26.7 Å². The first-order chi connectivity index (χ1) is 12.0. The molecule has 25 heavy (non-hydrogen) atoms. The molecule has 0 atom stereocenters. The standard InChI is InChI=1S/C19H27N3O3/c1-14(2)20(3)18(23)15-8-10-21(11-9-15)12-13-22-16-6-4-5-7-17(16)25-19(22)24/h4-7,14-15H,8-13H2,1-3H3. The van der Waals surface area contributed by atoms with Crippen molar-refractivity contribution >= 4 is 17.0 Å². The number of aromatic nitrogens is 1. The van der Waals surface area contributed by atoms with E-state index in [1.807, 2.05) is 50.1 Å². The number of likely N-dealkylation sites (tertiary alicyclic amines) is 1. The average Bonchev–Trinajstić information content (AvgIpc) is 2.94. The molecule has 6 nitrogen and oxygen atoms in total. The lowest BCUT2D eigenvalue weighted by Gasteiger charge is -2.34. The van der Waals surface area contributed by atoms with Crippen molar-refractivity contribution in [1.29, 1.82) is 0 Å². The number of carbonyl (C=O) groups is 1. The van der Waals surface area contributed by atoms with E-state index in [-0.39, 0.29) is 23.6 Å². The molecule has 1 aromatic heterocycles. The van der Waals surface area contributed by atoms with Crippen LogP contribution in [0.2, 0.25) is 0 Å². The van der Waals surface area contributed by atoms with E-state index >= 15 is 0 Å². The number of amides is 1. The number of carbonyl (C=O) groups excluding carboxylic acids is 1. The highest BCUT2D eigenvalue weighted by Crippen LogP contribution is 2.20. The number of hydrogen-bond donors (Lipinski definition) is 0. The summed E-state index contributed by atoms with van der Waals surface area (Å²) in [6, 6.07) is 7.75. The minimum Gasteiger partial charge on any atom is -0.408 e. The Morgan fingerprint density at radius 3 is 2.60 bits per heavy atom. The molecule has 1 aromatic carbocycles. The van der Waals surface area contributed by atoms with Gasteiger partial charge in [0, 0.05) is 32.1 Å². The zero-order valence-corrected chi connectivity index (χ0v) is 15.3. The molecule has 0 aliphatic carbocycles. The second-order valence-corrected chi connectivity index (χ2v) is 7.15. The topological polar surface area (TPSA) is 58.7 Å². The van der Waals surface area contributed by atoms with Crippen molar-refractivity contribution in [3.8, 4) is 0 Å². The zero-order chi connectivity index (χ0) is 18.0. The van der Waals surface area contributed by atoms with Gasteiger partial charge in [-0.15, -0.1) is 0 Å². The van der Waals surface area contributed by atoms with Gasteiger partial charge < -0.3 is 14.2 Å². The Balaban J connectivity index is 1.55. The van der Waals surface area contributed by atoms with Crippen LogP contribution in [0.4, 0.5) is 0 Å². The SMILES string of the molecule is CC(C)N(C)C(=O)C1CCN(CCn2c(=O)oc3ccccc32)CC1. The summed E-state index contributed by atoms with van der Waals surface area (Å²) in [6.07, 6.45) is 1.77. The van der Waals surface area contributed by atoms with Crippen molar-refractivity contribution < 1.29 is 9.21 Å². The lowest BCUT2D eigenvalue weighted by molar-refractivity contribution is -0.137. The van der Waals surface area contributed by atoms with Crippen LogP contribution in [-0.4, -0.2) is 53.0 Å². The molecule has 0 saturated carbocycles. The van der Waals surface area contributed by atoms with Gasteiger partial charge >= 0.3 is 5.76 Å². The maximum absolute atomic E-state index is 12.4. The quantitative estimate of drug-likeness (QED) is 0.833. The monoisotopic (exact) mass is 345 g/mol. The molecule has 0 radical (unpaired) electrons. The van der Waals surface area contributed by atoms with Crippen molar-refractivity contribution in [1.82, 2.24) is 14.4 Å². The van der Waals surface area contributed by atoms with E-state index < -0.39 is 0 Å². The van der Waals surface area contributed by atoms with Crippen LogP contribution in [0, 0.1) is 5.92 Å². The first-order valence-corrected chi connectivity index (χ1v) is 9.04. The molecule has 2 heterocycles. The minimum absolute atomic E-state index is 0.126. The molecule has 6 heteroatoms. The predicted octanol–water partition coefficient (Wildman–Crippen LogP) is 2.17. The first-order valence-electron chi connectivity index (χ1n) is 9.04. The van der Waals surface area contributed by atoms with Crippen LogP contribution in [0.1, 0.15) is 26.7 Å². The highest BCUT2D eigenvalue weighted by molar-refractivity contribution is 5.79. The first kappa shape index (κ1) is 17.7. The Kier molecular flexibility index (Phi) is 5.27. The molecule has 1 fully saturated rings. The fraction of sp³-hybridized carbons (Fsp3) is 0.579. The van der Waals surface area contributed by atoms with Crippen LogP contribution in [0.15, 0.2) is 33.5 Å². The van der Waals surface area contributed by atoms with Crippen LogP contribution in [-0.2, 0) is 11.3 Å². The van der Waals surface area contributed by atoms with Crippen molar-refractivity contribution in [2.45, 2.75) is 39.3 Å². The molecule has 1 saturated heterocycles. The van der Waals surface area contributed by atoms with Crippen LogP contribution >= 0.6 is 0 Å². The number of para-hydroxylation sites is 2. The Bertz CT molecular complexity index is 785. The fourth-order valence-electron chi connectivity index (χ4n) is 3.41. The van der Waals surface area contributed by atoms with Crippen molar-refractivity contribution in [3.63, 3.8) is 0 Å². The van der Waals surface area contributed by atoms with Gasteiger partial charge in [-0.2, -0.15) is 0 Å². The molecule has 3 rings (SSSR count). The summed E-state index contributed by atoms with van der Waals surface area (Å²) < 4.78 is 6.97. The van der Waals surface area contributed by atoms with E-state index in [4.69, 9.17) is 4.42 Å². The second-order valence-electron chi connectivity index (χ2n) is 7.15. The van der Waals surface area contributed by atoms with Crippen molar-refractivity contribution in [3.05, 3.63) is 34.8 Å². The molecule has 0 unspecified atom stereocenters. The molecule has 1 amide bonds. The van der Waals surface area contributed by atoms with E-state index in [2.05, 4.69) is 4.90 Å². The molecule has 0 bridgehead atoms. The largest absolute Gasteiger partial charge is 0.419 e. The molecule has 136 valence electrons. The third kappa shape index (κ3) is 3.79. The number of hydrogen-bond acceptors (Lipinski definition) is 4. The normalized spacial score (nSPS) is 16.6. The summed E-state index contributed by atoms with van der Waals surface area (Å²) in [7, 11) is 1.88. The Labute approximate surface area is 148 Å². The molecule has 0 spiro atoms. The van der Waals surface area contributed by atoms with Crippen LogP contribution < -0.4 is 5.76 Å². The van der Waals surface area contributed by atoms with Gasteiger partial charge in [0.15, 0.2) is 5.58 Å². The zero-order valence-electron chi connectivity index (χ0n) is 15.3. The van der Waals surface area contributed by atoms with Gasteiger partial charge in [-0.1, -0.05) is 12.1 Å². The minimum atomic E-state index is -0.301. The summed E-state index contributed by atoms with van der Waals surface area (Å²) in [4.78, 5) is 28.6. The molecule has 1 aliphatic rings. The number of rotatable bonds is 5. The lowest BCUT2D eigenvalue weighted by atomic mass is 9.95. The highest BCUT2D eigenvalue weighted by Gasteiger charge is 2.28. The van der Waals surface area contributed by atoms with Gasteiger partial charge in [0.2, 0.25) is 5.91 Å². The summed E-state index contributed by atoms with van der Waals surface area (Å²) in [5, 5.41) is 0. The van der Waals surface area contributed by atoms with Gasteiger partial charge in [0.1, 0.15) is 0 Å². The van der Waals surface area contributed by atoms with E-state index in [0.717, 1.165) is 38.0 Å². The summed E-state index contributed by atoms with van der Waals surface area (Å²) in [6.45, 7) is 7.28. The summed E-state index contributed by atoms with van der Waals surface area (Å²) >= 11 is 0. The summed E-state index contributed by atoms with van der Waals surface area (Å²) in [5.74, 6) is 0.0812. The molecule has 0 N–H and O–H groups in total. The van der Waals surface area contributed by atoms with Crippen LogP contribution in [0.3, 0.4) is 0 Å². The van der Waals surface area contributed by atoms with E-state index in [0.29, 0.717) is 12.1 Å².